The summed E-state index contributed by atoms with van der Waals surface area (Å²) in [7, 11) is 2.11. The van der Waals surface area contributed by atoms with Crippen molar-refractivity contribution in [2.45, 2.75) is 85.0 Å². The molecule has 2 aromatic rings. The molecule has 38 heavy (non-hydrogen) atoms. The highest BCUT2D eigenvalue weighted by Gasteiger charge is 2.40. The maximum atomic E-state index is 10.7. The Morgan fingerprint density at radius 2 is 1.50 bits per heavy atom. The van der Waals surface area contributed by atoms with Crippen molar-refractivity contribution in [2.75, 3.05) is 46.3 Å². The predicted octanol–water partition coefficient (Wildman–Crippen LogP) is 3.80. The summed E-state index contributed by atoms with van der Waals surface area (Å²) < 4.78 is 4.45. The highest BCUT2D eigenvalue weighted by atomic mass is 16.4. The first-order valence-corrected chi connectivity index (χ1v) is 14.7. The van der Waals surface area contributed by atoms with Gasteiger partial charge in [-0.15, -0.1) is 0 Å². The monoisotopic (exact) mass is 527 g/mol. The summed E-state index contributed by atoms with van der Waals surface area (Å²) in [5.41, 5.74) is 0.568. The number of rotatable bonds is 15. The third kappa shape index (κ3) is 8.38. The summed E-state index contributed by atoms with van der Waals surface area (Å²) in [6, 6.07) is 0. The van der Waals surface area contributed by atoms with Gasteiger partial charge in [0, 0.05) is 57.4 Å². The summed E-state index contributed by atoms with van der Waals surface area (Å²) in [6.07, 6.45) is 14.9. The second-order valence-corrected chi connectivity index (χ2v) is 12.2. The van der Waals surface area contributed by atoms with Crippen molar-refractivity contribution in [3.05, 3.63) is 36.4 Å². The van der Waals surface area contributed by atoms with Gasteiger partial charge in [-0.2, -0.15) is 0 Å². The standard InChI is InChI=1S/C29H49N7O2/c1-25(2)21-33-16-8-29(9-17-33)10-18-34(24-29)13-6-15-36-20-12-31-27(36)23-32(3)22-26-30-11-19-35(26)14-5-4-7-28(37)38/h11-12,19-20,25H,4-10,13-18,21-24H2,1-3H3,(H,37,38). The molecule has 0 aromatic carbocycles. The zero-order chi connectivity index (χ0) is 27.0. The third-order valence-corrected chi connectivity index (χ3v) is 8.40. The smallest absolute Gasteiger partial charge is 0.303 e. The van der Waals surface area contributed by atoms with E-state index in [0.717, 1.165) is 56.6 Å². The number of imidazole rings is 2. The summed E-state index contributed by atoms with van der Waals surface area (Å²) >= 11 is 0. The number of aliphatic carboxylic acids is 1. The van der Waals surface area contributed by atoms with Crippen molar-refractivity contribution >= 4 is 5.97 Å². The predicted molar refractivity (Wildman–Crippen MR) is 150 cm³/mol. The lowest BCUT2D eigenvalue weighted by Crippen LogP contribution is -2.42. The molecule has 9 nitrogen and oxygen atoms in total. The number of hydrogen-bond acceptors (Lipinski definition) is 6. The molecule has 0 atom stereocenters. The van der Waals surface area contributed by atoms with Crippen LogP contribution in [-0.4, -0.2) is 91.2 Å². The first-order chi connectivity index (χ1) is 18.3. The topological polar surface area (TPSA) is 82.7 Å². The van der Waals surface area contributed by atoms with Gasteiger partial charge in [-0.05, 0) is 83.1 Å². The van der Waals surface area contributed by atoms with E-state index in [2.05, 4.69) is 60.9 Å². The van der Waals surface area contributed by atoms with Crippen LogP contribution in [0.4, 0.5) is 0 Å². The van der Waals surface area contributed by atoms with E-state index in [1.165, 1.54) is 58.5 Å². The van der Waals surface area contributed by atoms with E-state index in [1.807, 2.05) is 18.6 Å². The lowest BCUT2D eigenvalue weighted by molar-refractivity contribution is -0.137. The van der Waals surface area contributed by atoms with Crippen molar-refractivity contribution in [1.29, 1.82) is 0 Å². The van der Waals surface area contributed by atoms with Crippen LogP contribution in [0.3, 0.4) is 0 Å². The summed E-state index contributed by atoms with van der Waals surface area (Å²) in [5.74, 6) is 2.15. The second kappa shape index (κ2) is 13.7. The van der Waals surface area contributed by atoms with Crippen LogP contribution in [-0.2, 0) is 31.0 Å². The Morgan fingerprint density at radius 3 is 2.08 bits per heavy atom. The minimum atomic E-state index is -0.728. The summed E-state index contributed by atoms with van der Waals surface area (Å²) in [4.78, 5) is 27.6. The molecule has 2 aromatic heterocycles. The van der Waals surface area contributed by atoms with Crippen LogP contribution < -0.4 is 0 Å². The number of carboxylic acids is 1. The van der Waals surface area contributed by atoms with E-state index in [9.17, 15) is 4.79 Å². The molecule has 4 heterocycles. The van der Waals surface area contributed by atoms with Crippen LogP contribution in [0.15, 0.2) is 24.8 Å². The number of hydrogen-bond donors (Lipinski definition) is 1. The number of unbranched alkanes of at least 4 members (excludes halogenated alkanes) is 1. The minimum absolute atomic E-state index is 0.225. The van der Waals surface area contributed by atoms with Crippen LogP contribution in [0.25, 0.3) is 0 Å². The van der Waals surface area contributed by atoms with Gasteiger partial charge in [-0.25, -0.2) is 9.97 Å². The van der Waals surface area contributed by atoms with E-state index in [1.54, 1.807) is 0 Å². The first-order valence-electron chi connectivity index (χ1n) is 14.7. The highest BCUT2D eigenvalue weighted by Crippen LogP contribution is 2.40. The molecule has 0 amide bonds. The van der Waals surface area contributed by atoms with Gasteiger partial charge in [0.2, 0.25) is 0 Å². The first kappa shape index (κ1) is 28.8. The quantitative estimate of drug-likeness (QED) is 0.353. The van der Waals surface area contributed by atoms with Gasteiger partial charge in [0.25, 0.3) is 0 Å². The van der Waals surface area contributed by atoms with Gasteiger partial charge in [0.1, 0.15) is 11.6 Å². The average Bonchev–Trinajstić information content (AvgIpc) is 3.60. The molecule has 4 rings (SSSR count). The highest BCUT2D eigenvalue weighted by molar-refractivity contribution is 5.66. The molecule has 2 saturated heterocycles. The molecular weight excluding hydrogens is 478 g/mol. The number of aryl methyl sites for hydroxylation is 2. The van der Waals surface area contributed by atoms with Crippen molar-refractivity contribution in [3.63, 3.8) is 0 Å². The molecule has 0 unspecified atom stereocenters. The third-order valence-electron chi connectivity index (χ3n) is 8.40. The van der Waals surface area contributed by atoms with E-state index in [-0.39, 0.29) is 6.42 Å². The fourth-order valence-electron chi connectivity index (χ4n) is 6.31. The molecule has 2 fully saturated rings. The molecule has 1 spiro atoms. The van der Waals surface area contributed by atoms with Crippen molar-refractivity contribution in [1.82, 2.24) is 33.8 Å². The van der Waals surface area contributed by atoms with Crippen LogP contribution in [0.1, 0.15) is 70.4 Å². The molecule has 0 bridgehead atoms. The molecule has 9 heteroatoms. The molecule has 0 aliphatic carbocycles. The maximum absolute atomic E-state index is 10.7. The molecule has 2 aliphatic rings. The van der Waals surface area contributed by atoms with Gasteiger partial charge >= 0.3 is 5.97 Å². The van der Waals surface area contributed by atoms with Crippen LogP contribution in [0.5, 0.6) is 0 Å². The zero-order valence-corrected chi connectivity index (χ0v) is 23.9. The van der Waals surface area contributed by atoms with Gasteiger partial charge in [0.15, 0.2) is 0 Å². The van der Waals surface area contributed by atoms with E-state index < -0.39 is 5.97 Å². The molecular formula is C29H49N7O2. The zero-order valence-electron chi connectivity index (χ0n) is 23.9. The largest absolute Gasteiger partial charge is 0.481 e. The Balaban J connectivity index is 1.17. The Hall–Kier alpha value is -2.23. The van der Waals surface area contributed by atoms with Crippen LogP contribution >= 0.6 is 0 Å². The maximum Gasteiger partial charge on any atom is 0.303 e. The van der Waals surface area contributed by atoms with Gasteiger partial charge < -0.3 is 24.0 Å². The molecule has 0 radical (unpaired) electrons. The van der Waals surface area contributed by atoms with E-state index in [0.29, 0.717) is 11.8 Å². The van der Waals surface area contributed by atoms with Crippen molar-refractivity contribution in [2.24, 2.45) is 11.3 Å². The number of carboxylic acid groups (broad SMARTS) is 1. The number of piperidine rings is 1. The average molecular weight is 528 g/mol. The lowest BCUT2D eigenvalue weighted by atomic mass is 9.77. The Kier molecular flexibility index (Phi) is 10.4. The van der Waals surface area contributed by atoms with E-state index in [4.69, 9.17) is 5.11 Å². The van der Waals surface area contributed by atoms with E-state index >= 15 is 0 Å². The summed E-state index contributed by atoms with van der Waals surface area (Å²) in [5, 5.41) is 8.84. The van der Waals surface area contributed by atoms with Gasteiger partial charge in [-0.1, -0.05) is 13.8 Å². The van der Waals surface area contributed by atoms with Crippen molar-refractivity contribution in [3.8, 4) is 0 Å². The number of carbonyl (C=O) groups is 1. The lowest BCUT2D eigenvalue weighted by Gasteiger charge is -2.40. The molecule has 0 saturated carbocycles. The normalized spacial score (nSPS) is 18.3. The second-order valence-electron chi connectivity index (χ2n) is 12.2. The summed E-state index contributed by atoms with van der Waals surface area (Å²) in [6.45, 7) is 15.5. The SMILES string of the molecule is CC(C)CN1CCC2(CC1)CCN(CCCn1ccnc1CN(C)Cc1nccn1CCCCC(=O)O)C2. The Labute approximate surface area is 228 Å². The van der Waals surface area contributed by atoms with Crippen LogP contribution in [0, 0.1) is 11.3 Å². The van der Waals surface area contributed by atoms with Crippen LogP contribution in [0.2, 0.25) is 0 Å². The fraction of sp³-hybridized carbons (Fsp3) is 0.759. The number of aromatic nitrogens is 4. The molecule has 2 aliphatic heterocycles. The molecule has 1 N–H and O–H groups in total. The van der Waals surface area contributed by atoms with Gasteiger partial charge in [-0.3, -0.25) is 9.69 Å². The number of nitrogens with zero attached hydrogens (tertiary/aromatic N) is 7. The fourth-order valence-corrected chi connectivity index (χ4v) is 6.31. The number of likely N-dealkylation sites (tertiary alicyclic amines) is 2. The molecule has 212 valence electrons. The van der Waals surface area contributed by atoms with Gasteiger partial charge in [0.05, 0.1) is 13.1 Å². The van der Waals surface area contributed by atoms with Crippen molar-refractivity contribution < 1.29 is 9.90 Å². The Morgan fingerprint density at radius 1 is 0.921 bits per heavy atom. The Bertz CT molecular complexity index is 993. The minimum Gasteiger partial charge on any atom is -0.481 e.